The summed E-state index contributed by atoms with van der Waals surface area (Å²) in [6.45, 7) is 2.20. The van der Waals surface area contributed by atoms with Gasteiger partial charge in [-0.15, -0.1) is 0 Å². The SMILES string of the molecule is CCCCC(Cc1ccccc1)NN. The molecule has 0 aliphatic heterocycles. The third-order valence-corrected chi connectivity index (χ3v) is 2.47. The summed E-state index contributed by atoms with van der Waals surface area (Å²) in [7, 11) is 0. The van der Waals surface area contributed by atoms with Crippen molar-refractivity contribution in [2.24, 2.45) is 5.84 Å². The van der Waals surface area contributed by atoms with Crippen LogP contribution in [0.1, 0.15) is 31.7 Å². The van der Waals surface area contributed by atoms with Crippen LogP contribution in [0.4, 0.5) is 0 Å². The molecule has 78 valence electrons. The maximum absolute atomic E-state index is 5.51. The molecule has 1 unspecified atom stereocenters. The second-order valence-electron chi connectivity index (χ2n) is 3.70. The average molecular weight is 192 g/mol. The molecule has 0 amide bonds. The van der Waals surface area contributed by atoms with Crippen LogP contribution in [0.15, 0.2) is 30.3 Å². The van der Waals surface area contributed by atoms with E-state index >= 15 is 0 Å². The van der Waals surface area contributed by atoms with Gasteiger partial charge in [0.25, 0.3) is 0 Å². The maximum atomic E-state index is 5.51. The molecule has 0 saturated carbocycles. The Morgan fingerprint density at radius 2 is 2.00 bits per heavy atom. The smallest absolute Gasteiger partial charge is 0.0250 e. The van der Waals surface area contributed by atoms with Gasteiger partial charge in [-0.2, -0.15) is 0 Å². The molecule has 0 bridgehead atoms. The molecule has 1 rings (SSSR count). The summed E-state index contributed by atoms with van der Waals surface area (Å²) in [5, 5.41) is 0. The van der Waals surface area contributed by atoms with Gasteiger partial charge in [-0.05, 0) is 18.4 Å². The summed E-state index contributed by atoms with van der Waals surface area (Å²) in [4.78, 5) is 0. The Kier molecular flexibility index (Phi) is 5.27. The monoisotopic (exact) mass is 192 g/mol. The van der Waals surface area contributed by atoms with E-state index in [4.69, 9.17) is 5.84 Å². The number of hydrogen-bond acceptors (Lipinski definition) is 2. The van der Waals surface area contributed by atoms with E-state index in [1.54, 1.807) is 0 Å². The molecule has 1 aromatic carbocycles. The predicted octanol–water partition coefficient (Wildman–Crippen LogP) is 2.25. The molecule has 14 heavy (non-hydrogen) atoms. The van der Waals surface area contributed by atoms with Crippen molar-refractivity contribution in [2.45, 2.75) is 38.6 Å². The van der Waals surface area contributed by atoms with Crippen LogP contribution in [-0.2, 0) is 6.42 Å². The fourth-order valence-electron chi connectivity index (χ4n) is 1.59. The lowest BCUT2D eigenvalue weighted by Crippen LogP contribution is -2.36. The summed E-state index contributed by atoms with van der Waals surface area (Å²) in [6, 6.07) is 10.9. The molecular weight excluding hydrogens is 172 g/mol. The van der Waals surface area contributed by atoms with Crippen molar-refractivity contribution in [3.63, 3.8) is 0 Å². The lowest BCUT2D eigenvalue weighted by Gasteiger charge is -2.15. The van der Waals surface area contributed by atoms with Gasteiger partial charge in [-0.25, -0.2) is 0 Å². The van der Waals surface area contributed by atoms with Crippen molar-refractivity contribution >= 4 is 0 Å². The molecule has 2 heteroatoms. The Labute approximate surface area is 86.5 Å². The normalized spacial score (nSPS) is 12.7. The number of nitrogens with one attached hydrogen (secondary N) is 1. The predicted molar refractivity (Wildman–Crippen MR) is 60.8 cm³/mol. The van der Waals surface area contributed by atoms with Crippen LogP contribution in [0.5, 0.6) is 0 Å². The number of hydrogen-bond donors (Lipinski definition) is 2. The average Bonchev–Trinajstić information content (AvgIpc) is 2.25. The van der Waals surface area contributed by atoms with Crippen molar-refractivity contribution in [3.05, 3.63) is 35.9 Å². The van der Waals surface area contributed by atoms with E-state index in [2.05, 4.69) is 36.6 Å². The van der Waals surface area contributed by atoms with Crippen LogP contribution in [0.2, 0.25) is 0 Å². The maximum Gasteiger partial charge on any atom is 0.0250 e. The van der Waals surface area contributed by atoms with Crippen LogP contribution < -0.4 is 11.3 Å². The third kappa shape index (κ3) is 3.90. The lowest BCUT2D eigenvalue weighted by molar-refractivity contribution is 0.473. The Morgan fingerprint density at radius 1 is 1.29 bits per heavy atom. The second kappa shape index (κ2) is 6.57. The van der Waals surface area contributed by atoms with E-state index in [-0.39, 0.29) is 0 Å². The summed E-state index contributed by atoms with van der Waals surface area (Å²) in [6.07, 6.45) is 4.65. The zero-order valence-electron chi connectivity index (χ0n) is 8.87. The van der Waals surface area contributed by atoms with Crippen LogP contribution in [0.3, 0.4) is 0 Å². The highest BCUT2D eigenvalue weighted by atomic mass is 15.2. The minimum atomic E-state index is 0.414. The largest absolute Gasteiger partial charge is 0.271 e. The molecular formula is C12H20N2. The van der Waals surface area contributed by atoms with E-state index in [0.717, 1.165) is 12.8 Å². The van der Waals surface area contributed by atoms with E-state index < -0.39 is 0 Å². The molecule has 0 heterocycles. The van der Waals surface area contributed by atoms with E-state index in [1.807, 2.05) is 6.07 Å². The number of benzene rings is 1. The molecule has 0 saturated heterocycles. The Bertz CT molecular complexity index is 233. The highest BCUT2D eigenvalue weighted by Crippen LogP contribution is 2.07. The van der Waals surface area contributed by atoms with Gasteiger partial charge >= 0.3 is 0 Å². The summed E-state index contributed by atoms with van der Waals surface area (Å²) >= 11 is 0. The number of nitrogens with two attached hydrogens (primary N) is 1. The van der Waals surface area contributed by atoms with E-state index in [0.29, 0.717) is 6.04 Å². The lowest BCUT2D eigenvalue weighted by atomic mass is 10.0. The Balaban J connectivity index is 2.40. The zero-order chi connectivity index (χ0) is 10.2. The second-order valence-corrected chi connectivity index (χ2v) is 3.70. The molecule has 0 aliphatic rings. The molecule has 0 aliphatic carbocycles. The van der Waals surface area contributed by atoms with E-state index in [1.165, 1.54) is 18.4 Å². The van der Waals surface area contributed by atoms with Gasteiger partial charge in [0, 0.05) is 6.04 Å². The number of unbranched alkanes of at least 4 members (excludes halogenated alkanes) is 1. The molecule has 0 fully saturated rings. The molecule has 1 aromatic rings. The van der Waals surface area contributed by atoms with Crippen molar-refractivity contribution in [3.8, 4) is 0 Å². The molecule has 0 aromatic heterocycles. The van der Waals surface area contributed by atoms with Crippen LogP contribution in [0.25, 0.3) is 0 Å². The Morgan fingerprint density at radius 3 is 2.57 bits per heavy atom. The first-order chi connectivity index (χ1) is 6.86. The molecule has 3 N–H and O–H groups in total. The van der Waals surface area contributed by atoms with Crippen molar-refractivity contribution in [2.75, 3.05) is 0 Å². The minimum Gasteiger partial charge on any atom is -0.271 e. The van der Waals surface area contributed by atoms with Gasteiger partial charge in [-0.3, -0.25) is 11.3 Å². The van der Waals surface area contributed by atoms with Crippen molar-refractivity contribution < 1.29 is 0 Å². The highest BCUT2D eigenvalue weighted by Gasteiger charge is 2.05. The zero-order valence-corrected chi connectivity index (χ0v) is 8.87. The van der Waals surface area contributed by atoms with Gasteiger partial charge in [0.2, 0.25) is 0 Å². The first kappa shape index (κ1) is 11.2. The highest BCUT2D eigenvalue weighted by molar-refractivity contribution is 5.15. The van der Waals surface area contributed by atoms with Gasteiger partial charge in [0.1, 0.15) is 0 Å². The molecule has 2 nitrogen and oxygen atoms in total. The topological polar surface area (TPSA) is 38.0 Å². The summed E-state index contributed by atoms with van der Waals surface area (Å²) < 4.78 is 0. The summed E-state index contributed by atoms with van der Waals surface area (Å²) in [5.74, 6) is 5.51. The van der Waals surface area contributed by atoms with Gasteiger partial charge in [0.15, 0.2) is 0 Å². The van der Waals surface area contributed by atoms with E-state index in [9.17, 15) is 0 Å². The fourth-order valence-corrected chi connectivity index (χ4v) is 1.59. The quantitative estimate of drug-likeness (QED) is 0.536. The minimum absolute atomic E-state index is 0.414. The third-order valence-electron chi connectivity index (χ3n) is 2.47. The van der Waals surface area contributed by atoms with Crippen molar-refractivity contribution in [1.82, 2.24) is 5.43 Å². The molecule has 1 atom stereocenters. The summed E-state index contributed by atoms with van der Waals surface area (Å²) in [5.41, 5.74) is 4.24. The first-order valence-electron chi connectivity index (χ1n) is 5.37. The fraction of sp³-hybridized carbons (Fsp3) is 0.500. The van der Waals surface area contributed by atoms with Gasteiger partial charge < -0.3 is 0 Å². The first-order valence-corrected chi connectivity index (χ1v) is 5.37. The number of hydrazine groups is 1. The Hall–Kier alpha value is -0.860. The molecule has 0 radical (unpaired) electrons. The van der Waals surface area contributed by atoms with Crippen LogP contribution >= 0.6 is 0 Å². The van der Waals surface area contributed by atoms with Gasteiger partial charge in [0.05, 0.1) is 0 Å². The van der Waals surface area contributed by atoms with Crippen LogP contribution in [0, 0.1) is 0 Å². The van der Waals surface area contributed by atoms with Gasteiger partial charge in [-0.1, -0.05) is 50.1 Å². The molecule has 0 spiro atoms. The van der Waals surface area contributed by atoms with Crippen molar-refractivity contribution in [1.29, 1.82) is 0 Å². The van der Waals surface area contributed by atoms with Crippen LogP contribution in [-0.4, -0.2) is 6.04 Å². The number of rotatable bonds is 6. The standard InChI is InChI=1S/C12H20N2/c1-2-3-9-12(14-13)10-11-7-5-4-6-8-11/h4-8,12,14H,2-3,9-10,13H2,1H3.